The molecule has 0 spiro atoms. The molecule has 9 heteroatoms. The number of nitrogens with one attached hydrogen (secondary N) is 1. The molecule has 0 unspecified atom stereocenters. The number of nitrogens with zero attached hydrogens (tertiary/aromatic N) is 1. The summed E-state index contributed by atoms with van der Waals surface area (Å²) in [4.78, 5) is 1.89. The van der Waals surface area contributed by atoms with E-state index in [-0.39, 0.29) is 15.8 Å². The van der Waals surface area contributed by atoms with Crippen molar-refractivity contribution in [2.75, 3.05) is 26.2 Å². The minimum atomic E-state index is -4.80. The highest BCUT2D eigenvalue weighted by molar-refractivity contribution is 9.10. The second kappa shape index (κ2) is 8.12. The summed E-state index contributed by atoms with van der Waals surface area (Å²) >= 11 is 3.07. The minimum Gasteiger partial charge on any atom is -0.406 e. The summed E-state index contributed by atoms with van der Waals surface area (Å²) in [6.45, 7) is 2.36. The molecule has 27 heavy (non-hydrogen) atoms. The molecule has 0 aromatic heterocycles. The molecule has 0 bridgehead atoms. The Morgan fingerprint density at radius 2 is 1.63 bits per heavy atom. The van der Waals surface area contributed by atoms with Gasteiger partial charge in [0.25, 0.3) is 0 Å². The largest absolute Gasteiger partial charge is 0.573 e. The fourth-order valence-electron chi connectivity index (χ4n) is 3.15. The van der Waals surface area contributed by atoms with Gasteiger partial charge >= 0.3 is 6.36 Å². The van der Waals surface area contributed by atoms with Crippen molar-refractivity contribution in [3.63, 3.8) is 0 Å². The van der Waals surface area contributed by atoms with Crippen LogP contribution in [-0.4, -0.2) is 37.4 Å². The first-order valence-electron chi connectivity index (χ1n) is 8.20. The van der Waals surface area contributed by atoms with Crippen LogP contribution in [0, 0.1) is 11.6 Å². The van der Waals surface area contributed by atoms with Crippen LogP contribution in [0.5, 0.6) is 5.75 Å². The maximum atomic E-state index is 14.8. The molecule has 1 aliphatic rings. The van der Waals surface area contributed by atoms with Gasteiger partial charge in [-0.1, -0.05) is 12.1 Å². The highest BCUT2D eigenvalue weighted by Gasteiger charge is 2.32. The number of hydrogen-bond acceptors (Lipinski definition) is 3. The zero-order chi connectivity index (χ0) is 19.6. The molecule has 1 atom stereocenters. The van der Waals surface area contributed by atoms with Crippen LogP contribution in [0.1, 0.15) is 17.2 Å². The first-order chi connectivity index (χ1) is 12.8. The van der Waals surface area contributed by atoms with Crippen LogP contribution in [0.2, 0.25) is 0 Å². The van der Waals surface area contributed by atoms with E-state index in [0.717, 1.165) is 12.1 Å². The molecular weight excluding hydrogens is 435 g/mol. The van der Waals surface area contributed by atoms with Gasteiger partial charge in [0.1, 0.15) is 17.4 Å². The Hall–Kier alpha value is -1.71. The van der Waals surface area contributed by atoms with E-state index in [1.807, 2.05) is 4.90 Å². The van der Waals surface area contributed by atoms with Crippen LogP contribution >= 0.6 is 15.9 Å². The Morgan fingerprint density at radius 1 is 1.00 bits per heavy atom. The number of benzene rings is 2. The van der Waals surface area contributed by atoms with Crippen LogP contribution < -0.4 is 10.1 Å². The van der Waals surface area contributed by atoms with Gasteiger partial charge in [-0.15, -0.1) is 13.2 Å². The van der Waals surface area contributed by atoms with E-state index in [9.17, 15) is 22.0 Å². The first kappa shape index (κ1) is 20.0. The molecule has 1 saturated heterocycles. The van der Waals surface area contributed by atoms with Crippen LogP contribution in [-0.2, 0) is 0 Å². The average molecular weight is 451 g/mol. The van der Waals surface area contributed by atoms with E-state index in [2.05, 4.69) is 26.0 Å². The number of rotatable bonds is 4. The molecule has 0 radical (unpaired) electrons. The molecular formula is C18H16BrF5N2O. The molecule has 2 aromatic rings. The fraction of sp³-hybridized carbons (Fsp3) is 0.333. The quantitative estimate of drug-likeness (QED) is 0.543. The Kier molecular flexibility index (Phi) is 6.02. The highest BCUT2D eigenvalue weighted by atomic mass is 79.9. The maximum Gasteiger partial charge on any atom is 0.573 e. The average Bonchev–Trinajstić information content (AvgIpc) is 2.62. The molecule has 1 fully saturated rings. The van der Waals surface area contributed by atoms with Gasteiger partial charge in [-0.25, -0.2) is 8.78 Å². The summed E-state index contributed by atoms with van der Waals surface area (Å²) in [5, 5.41) is 3.16. The lowest BCUT2D eigenvalue weighted by Crippen LogP contribution is -2.45. The Labute approximate surface area is 161 Å². The monoisotopic (exact) mass is 450 g/mol. The molecule has 1 heterocycles. The summed E-state index contributed by atoms with van der Waals surface area (Å²) in [5.41, 5.74) is 0.332. The van der Waals surface area contributed by atoms with Crippen molar-refractivity contribution in [3.8, 4) is 5.75 Å². The number of ether oxygens (including phenoxy) is 1. The van der Waals surface area contributed by atoms with E-state index < -0.39 is 24.0 Å². The number of alkyl halides is 3. The van der Waals surface area contributed by atoms with E-state index in [0.29, 0.717) is 31.7 Å². The predicted octanol–water partition coefficient (Wildman–Crippen LogP) is 4.62. The van der Waals surface area contributed by atoms with Gasteiger partial charge in [0.2, 0.25) is 0 Å². The van der Waals surface area contributed by atoms with Crippen molar-refractivity contribution in [1.82, 2.24) is 10.2 Å². The third kappa shape index (κ3) is 4.77. The van der Waals surface area contributed by atoms with Gasteiger partial charge in [0, 0.05) is 31.7 Å². The van der Waals surface area contributed by atoms with Gasteiger partial charge in [-0.2, -0.15) is 0 Å². The third-order valence-electron chi connectivity index (χ3n) is 4.30. The van der Waals surface area contributed by atoms with E-state index in [1.54, 1.807) is 0 Å². The van der Waals surface area contributed by atoms with Crippen molar-refractivity contribution in [2.24, 2.45) is 0 Å². The lowest BCUT2D eigenvalue weighted by molar-refractivity contribution is -0.274. The van der Waals surface area contributed by atoms with Gasteiger partial charge in [0.05, 0.1) is 10.5 Å². The zero-order valence-corrected chi connectivity index (χ0v) is 15.6. The SMILES string of the molecule is Fc1ccc(Br)c(F)c1[C@H](c1ccc(OC(F)(F)F)cc1)N1CCNCC1. The van der Waals surface area contributed by atoms with Crippen LogP contribution in [0.4, 0.5) is 22.0 Å². The van der Waals surface area contributed by atoms with E-state index in [1.165, 1.54) is 24.3 Å². The molecule has 0 amide bonds. The first-order valence-corrected chi connectivity index (χ1v) is 8.99. The van der Waals surface area contributed by atoms with E-state index >= 15 is 0 Å². The summed E-state index contributed by atoms with van der Waals surface area (Å²) < 4.78 is 70.4. The molecule has 1 N–H and O–H groups in total. The van der Waals surface area contributed by atoms with Crippen molar-refractivity contribution in [2.45, 2.75) is 12.4 Å². The fourth-order valence-corrected chi connectivity index (χ4v) is 3.49. The summed E-state index contributed by atoms with van der Waals surface area (Å²) in [6.07, 6.45) is -4.80. The van der Waals surface area contributed by atoms with Crippen molar-refractivity contribution < 1.29 is 26.7 Å². The van der Waals surface area contributed by atoms with Gasteiger partial charge in [-0.3, -0.25) is 4.90 Å². The van der Waals surface area contributed by atoms with Gasteiger partial charge in [-0.05, 0) is 45.8 Å². The zero-order valence-electron chi connectivity index (χ0n) is 14.0. The second-order valence-corrected chi connectivity index (χ2v) is 6.92. The van der Waals surface area contributed by atoms with Crippen LogP contribution in [0.15, 0.2) is 40.9 Å². The summed E-state index contributed by atoms with van der Waals surface area (Å²) in [6, 6.07) is 6.76. The lowest BCUT2D eigenvalue weighted by Gasteiger charge is -2.36. The highest BCUT2D eigenvalue weighted by Crippen LogP contribution is 2.36. The molecule has 3 rings (SSSR count). The van der Waals surface area contributed by atoms with Crippen LogP contribution in [0.25, 0.3) is 0 Å². The summed E-state index contributed by atoms with van der Waals surface area (Å²) in [5.74, 6) is -1.83. The smallest absolute Gasteiger partial charge is 0.406 e. The second-order valence-electron chi connectivity index (χ2n) is 6.06. The molecule has 0 aliphatic carbocycles. The number of halogens is 6. The molecule has 3 nitrogen and oxygen atoms in total. The normalized spacial score (nSPS) is 17.0. The Morgan fingerprint density at radius 3 is 2.22 bits per heavy atom. The molecule has 2 aromatic carbocycles. The lowest BCUT2D eigenvalue weighted by atomic mass is 9.95. The van der Waals surface area contributed by atoms with Crippen LogP contribution in [0.3, 0.4) is 0 Å². The van der Waals surface area contributed by atoms with Crippen molar-refractivity contribution in [3.05, 3.63) is 63.6 Å². The molecule has 1 aliphatic heterocycles. The maximum absolute atomic E-state index is 14.8. The topological polar surface area (TPSA) is 24.5 Å². The van der Waals surface area contributed by atoms with Crippen molar-refractivity contribution >= 4 is 15.9 Å². The Balaban J connectivity index is 2.02. The third-order valence-corrected chi connectivity index (χ3v) is 4.91. The molecule has 146 valence electrons. The molecule has 0 saturated carbocycles. The van der Waals surface area contributed by atoms with E-state index in [4.69, 9.17) is 0 Å². The minimum absolute atomic E-state index is 0.121. The van der Waals surface area contributed by atoms with Gasteiger partial charge < -0.3 is 10.1 Å². The standard InChI is InChI=1S/C18H16BrF5N2O/c19-13-5-6-14(20)15(16(13)21)17(26-9-7-25-8-10-26)11-1-3-12(4-2-11)27-18(22,23)24/h1-6,17,25H,7-10H2/t17-/m0/s1. The van der Waals surface area contributed by atoms with Crippen molar-refractivity contribution in [1.29, 1.82) is 0 Å². The predicted molar refractivity (Wildman–Crippen MR) is 93.5 cm³/mol. The summed E-state index contributed by atoms with van der Waals surface area (Å²) in [7, 11) is 0. The number of piperazine rings is 1. The van der Waals surface area contributed by atoms with Gasteiger partial charge in [0.15, 0.2) is 0 Å². The Bertz CT molecular complexity index is 792. The number of hydrogen-bond donors (Lipinski definition) is 1.